The summed E-state index contributed by atoms with van der Waals surface area (Å²) in [5.41, 5.74) is 3.73. The number of nitro groups is 1. The highest BCUT2D eigenvalue weighted by molar-refractivity contribution is 5.70. The van der Waals surface area contributed by atoms with E-state index in [0.29, 0.717) is 11.3 Å². The zero-order valence-corrected chi connectivity index (χ0v) is 14.1. The van der Waals surface area contributed by atoms with Crippen LogP contribution in [0.15, 0.2) is 66.7 Å². The first-order valence-electron chi connectivity index (χ1n) is 8.85. The van der Waals surface area contributed by atoms with E-state index in [1.54, 1.807) is 12.1 Å². The monoisotopic (exact) mass is 343 g/mol. The molecule has 0 N–H and O–H groups in total. The van der Waals surface area contributed by atoms with Gasteiger partial charge in [0.15, 0.2) is 0 Å². The Bertz CT molecular complexity index is 1040. The Morgan fingerprint density at radius 1 is 0.885 bits per heavy atom. The van der Waals surface area contributed by atoms with E-state index >= 15 is 0 Å². The van der Waals surface area contributed by atoms with Gasteiger partial charge in [0.2, 0.25) is 0 Å². The van der Waals surface area contributed by atoms with Crippen LogP contribution in [0.2, 0.25) is 0 Å². The Hall–Kier alpha value is -3.14. The first-order chi connectivity index (χ1) is 12.7. The first-order valence-corrected chi connectivity index (χ1v) is 8.85. The van der Waals surface area contributed by atoms with Crippen LogP contribution in [0.5, 0.6) is 11.5 Å². The van der Waals surface area contributed by atoms with Gasteiger partial charge >= 0.3 is 0 Å². The maximum absolute atomic E-state index is 11.9. The molecule has 1 aliphatic heterocycles. The van der Waals surface area contributed by atoms with Crippen molar-refractivity contribution in [3.05, 3.63) is 99.1 Å². The topological polar surface area (TPSA) is 52.4 Å². The normalized spacial score (nSPS) is 19.8. The molecule has 3 aromatic rings. The van der Waals surface area contributed by atoms with Crippen LogP contribution in [0.1, 0.15) is 35.1 Å². The zero-order valence-electron chi connectivity index (χ0n) is 14.1. The molecule has 0 amide bonds. The molecule has 1 heterocycles. The molecule has 0 bridgehead atoms. The molecule has 0 saturated heterocycles. The summed E-state index contributed by atoms with van der Waals surface area (Å²) in [5, 5.41) is 11.9. The van der Waals surface area contributed by atoms with Gasteiger partial charge in [0, 0.05) is 11.6 Å². The van der Waals surface area contributed by atoms with Crippen LogP contribution in [0.4, 0.5) is 5.69 Å². The fourth-order valence-corrected chi connectivity index (χ4v) is 4.72. The Morgan fingerprint density at radius 2 is 1.62 bits per heavy atom. The second-order valence-electron chi connectivity index (χ2n) is 6.92. The van der Waals surface area contributed by atoms with Gasteiger partial charge in [0.1, 0.15) is 11.5 Å². The number of aryl methyl sites for hydroxylation is 1. The van der Waals surface area contributed by atoms with Gasteiger partial charge in [-0.3, -0.25) is 10.1 Å². The summed E-state index contributed by atoms with van der Waals surface area (Å²) in [6, 6.07) is 21.4. The van der Waals surface area contributed by atoms with Crippen molar-refractivity contribution in [2.24, 2.45) is 0 Å². The molecule has 1 spiro atoms. The van der Waals surface area contributed by atoms with Crippen molar-refractivity contribution < 1.29 is 9.66 Å². The van der Waals surface area contributed by atoms with Crippen molar-refractivity contribution in [2.45, 2.75) is 24.7 Å². The van der Waals surface area contributed by atoms with Gasteiger partial charge in [-0.25, -0.2) is 0 Å². The molecule has 0 fully saturated rings. The van der Waals surface area contributed by atoms with E-state index in [9.17, 15) is 10.1 Å². The third kappa shape index (κ3) is 1.90. The minimum absolute atomic E-state index is 0.133. The molecule has 0 radical (unpaired) electrons. The number of hydrogen-bond donors (Lipinski definition) is 0. The van der Waals surface area contributed by atoms with Crippen molar-refractivity contribution in [3.63, 3.8) is 0 Å². The van der Waals surface area contributed by atoms with Gasteiger partial charge in [-0.15, -0.1) is 0 Å². The minimum Gasteiger partial charge on any atom is -0.456 e. The smallest absolute Gasteiger partial charge is 0.277 e. The molecule has 4 heteroatoms. The standard InChI is InChI=1S/C22H17NO3/c24-23(25)18-11-5-13-20-21(18)22(17-10-3-4-12-19(17)26-20)14-6-8-15-7-1-2-9-16(15)22/h1-5,7,9-13H,6,8,14H2. The number of benzene rings is 3. The summed E-state index contributed by atoms with van der Waals surface area (Å²) in [6.45, 7) is 0. The lowest BCUT2D eigenvalue weighted by molar-refractivity contribution is -0.386. The summed E-state index contributed by atoms with van der Waals surface area (Å²) in [4.78, 5) is 11.6. The molecular weight excluding hydrogens is 326 g/mol. The van der Waals surface area contributed by atoms with Crippen LogP contribution >= 0.6 is 0 Å². The molecule has 1 aliphatic carbocycles. The summed E-state index contributed by atoms with van der Waals surface area (Å²) in [5.74, 6) is 1.38. The number of nitrogens with zero attached hydrogens (tertiary/aromatic N) is 1. The predicted octanol–water partition coefficient (Wildman–Crippen LogP) is 5.37. The summed E-state index contributed by atoms with van der Waals surface area (Å²) < 4.78 is 6.11. The second-order valence-corrected chi connectivity index (χ2v) is 6.92. The molecule has 0 aromatic heterocycles. The number of rotatable bonds is 1. The Kier molecular flexibility index (Phi) is 3.16. The van der Waals surface area contributed by atoms with E-state index in [-0.39, 0.29) is 10.6 Å². The Balaban J connectivity index is 1.94. The van der Waals surface area contributed by atoms with Crippen molar-refractivity contribution in [3.8, 4) is 11.5 Å². The van der Waals surface area contributed by atoms with Gasteiger partial charge in [0.05, 0.1) is 15.9 Å². The average molecular weight is 343 g/mol. The highest BCUT2D eigenvalue weighted by Crippen LogP contribution is 2.58. The second kappa shape index (κ2) is 5.43. The van der Waals surface area contributed by atoms with Crippen molar-refractivity contribution in [1.29, 1.82) is 0 Å². The molecule has 1 atom stereocenters. The largest absolute Gasteiger partial charge is 0.456 e. The lowest BCUT2D eigenvalue weighted by atomic mass is 9.61. The van der Waals surface area contributed by atoms with E-state index in [2.05, 4.69) is 18.2 Å². The van der Waals surface area contributed by atoms with Crippen molar-refractivity contribution >= 4 is 5.69 Å². The molecule has 4 nitrogen and oxygen atoms in total. The van der Waals surface area contributed by atoms with Crippen molar-refractivity contribution in [2.75, 3.05) is 0 Å². The van der Waals surface area contributed by atoms with E-state index < -0.39 is 5.41 Å². The lowest BCUT2D eigenvalue weighted by Crippen LogP contribution is -2.37. The lowest BCUT2D eigenvalue weighted by Gasteiger charge is -2.43. The van der Waals surface area contributed by atoms with Gasteiger partial charge in [-0.05, 0) is 42.5 Å². The van der Waals surface area contributed by atoms with E-state index in [1.807, 2.05) is 36.4 Å². The maximum atomic E-state index is 11.9. The average Bonchev–Trinajstić information content (AvgIpc) is 2.68. The molecule has 5 rings (SSSR count). The predicted molar refractivity (Wildman–Crippen MR) is 98.9 cm³/mol. The molecule has 3 aromatic carbocycles. The van der Waals surface area contributed by atoms with Crippen LogP contribution in [0.25, 0.3) is 0 Å². The van der Waals surface area contributed by atoms with Gasteiger partial charge in [0.25, 0.3) is 5.69 Å². The van der Waals surface area contributed by atoms with Crippen LogP contribution in [0, 0.1) is 10.1 Å². The Labute approximate surface area is 151 Å². The quantitative estimate of drug-likeness (QED) is 0.441. The third-order valence-corrected chi connectivity index (χ3v) is 5.67. The molecule has 2 aliphatic rings. The zero-order chi connectivity index (χ0) is 17.7. The first kappa shape index (κ1) is 15.1. The Morgan fingerprint density at radius 3 is 2.46 bits per heavy atom. The van der Waals surface area contributed by atoms with E-state index in [4.69, 9.17) is 4.74 Å². The van der Waals surface area contributed by atoms with E-state index in [0.717, 1.165) is 36.1 Å². The number of hydrogen-bond acceptors (Lipinski definition) is 3. The fraction of sp³-hybridized carbons (Fsp3) is 0.182. The molecule has 128 valence electrons. The summed E-state index contributed by atoms with van der Waals surface area (Å²) in [6.07, 6.45) is 2.82. The number of para-hydroxylation sites is 1. The van der Waals surface area contributed by atoms with Gasteiger partial charge in [-0.2, -0.15) is 0 Å². The maximum Gasteiger partial charge on any atom is 0.277 e. The molecule has 26 heavy (non-hydrogen) atoms. The molecule has 1 unspecified atom stereocenters. The number of ether oxygens (including phenoxy) is 1. The molecule has 0 saturated carbocycles. The minimum atomic E-state index is -0.539. The van der Waals surface area contributed by atoms with Crippen molar-refractivity contribution in [1.82, 2.24) is 0 Å². The SMILES string of the molecule is O=[N+]([O-])c1cccc2c1C1(CCCc3ccccc31)c1ccccc1O2. The van der Waals surface area contributed by atoms with Crippen LogP contribution < -0.4 is 4.74 Å². The highest BCUT2D eigenvalue weighted by atomic mass is 16.6. The molecular formula is C22H17NO3. The summed E-state index contributed by atoms with van der Waals surface area (Å²) >= 11 is 0. The van der Waals surface area contributed by atoms with Crippen LogP contribution in [-0.4, -0.2) is 4.92 Å². The van der Waals surface area contributed by atoms with Gasteiger partial charge in [-0.1, -0.05) is 48.5 Å². The van der Waals surface area contributed by atoms with Crippen LogP contribution in [-0.2, 0) is 11.8 Å². The fourth-order valence-electron chi connectivity index (χ4n) is 4.72. The van der Waals surface area contributed by atoms with E-state index in [1.165, 1.54) is 5.56 Å². The highest BCUT2D eigenvalue weighted by Gasteiger charge is 2.49. The summed E-state index contributed by atoms with van der Waals surface area (Å²) in [7, 11) is 0. The van der Waals surface area contributed by atoms with Crippen LogP contribution in [0.3, 0.4) is 0 Å². The third-order valence-electron chi connectivity index (χ3n) is 5.67. The number of nitro benzene ring substituents is 1. The van der Waals surface area contributed by atoms with Gasteiger partial charge < -0.3 is 4.74 Å². The number of fused-ring (bicyclic) bond motifs is 6.